The first-order valence-electron chi connectivity index (χ1n) is 6.52. The maximum atomic E-state index is 12.3. The Kier molecular flexibility index (Phi) is 3.55. The molecule has 1 aromatic heterocycles. The smallest absolute Gasteiger partial charge is 0.227 e. The van der Waals surface area contributed by atoms with Gasteiger partial charge >= 0.3 is 0 Å². The molecule has 1 aliphatic heterocycles. The van der Waals surface area contributed by atoms with Crippen molar-refractivity contribution in [1.82, 2.24) is 10.1 Å². The molecule has 1 fully saturated rings. The van der Waals surface area contributed by atoms with E-state index < -0.39 is 0 Å². The van der Waals surface area contributed by atoms with Crippen molar-refractivity contribution >= 4 is 23.2 Å². The highest BCUT2D eigenvalue weighted by atomic mass is 35.5. The third-order valence-electron chi connectivity index (χ3n) is 3.47. The van der Waals surface area contributed by atoms with Crippen LogP contribution in [0.3, 0.4) is 0 Å². The fraction of sp³-hybridized carbons (Fsp3) is 0.357. The van der Waals surface area contributed by atoms with Gasteiger partial charge in [0.15, 0.2) is 5.82 Å². The van der Waals surface area contributed by atoms with E-state index in [-0.39, 0.29) is 11.8 Å². The van der Waals surface area contributed by atoms with E-state index in [2.05, 4.69) is 10.1 Å². The first-order chi connectivity index (χ1) is 10.1. The number of hydrogen-bond donors (Lipinski definition) is 0. The molecular weight excluding hydrogens is 294 g/mol. The molecule has 7 heteroatoms. The first-order valence-corrected chi connectivity index (χ1v) is 6.90. The number of nitrogens with zero attached hydrogens (tertiary/aromatic N) is 3. The van der Waals surface area contributed by atoms with Crippen LogP contribution in [0.5, 0.6) is 5.75 Å². The van der Waals surface area contributed by atoms with Crippen LogP contribution in [0.2, 0.25) is 5.02 Å². The van der Waals surface area contributed by atoms with E-state index in [1.165, 1.54) is 0 Å². The number of methoxy groups -OCH3 is 1. The molecule has 0 radical (unpaired) electrons. The maximum Gasteiger partial charge on any atom is 0.227 e. The van der Waals surface area contributed by atoms with Crippen LogP contribution >= 0.6 is 11.6 Å². The largest absolute Gasteiger partial charge is 0.495 e. The predicted molar refractivity (Wildman–Crippen MR) is 76.8 cm³/mol. The molecule has 0 spiro atoms. The van der Waals surface area contributed by atoms with Crippen LogP contribution in [-0.4, -0.2) is 29.7 Å². The summed E-state index contributed by atoms with van der Waals surface area (Å²) in [6, 6.07) is 5.20. The average Bonchev–Trinajstić information content (AvgIpc) is 3.05. The van der Waals surface area contributed by atoms with E-state index >= 15 is 0 Å². The zero-order valence-corrected chi connectivity index (χ0v) is 12.4. The molecule has 2 aromatic rings. The summed E-state index contributed by atoms with van der Waals surface area (Å²) in [5, 5.41) is 4.45. The summed E-state index contributed by atoms with van der Waals surface area (Å²) in [4.78, 5) is 18.1. The summed E-state index contributed by atoms with van der Waals surface area (Å²) in [6.07, 6.45) is 0.342. The number of aromatic nitrogens is 2. The van der Waals surface area contributed by atoms with Gasteiger partial charge in [0, 0.05) is 30.8 Å². The van der Waals surface area contributed by atoms with E-state index in [4.69, 9.17) is 20.9 Å². The van der Waals surface area contributed by atoms with Gasteiger partial charge in [-0.2, -0.15) is 4.98 Å². The van der Waals surface area contributed by atoms with Crippen LogP contribution in [-0.2, 0) is 4.79 Å². The van der Waals surface area contributed by atoms with E-state index in [1.807, 2.05) is 0 Å². The molecule has 6 nitrogen and oxygen atoms in total. The zero-order valence-electron chi connectivity index (χ0n) is 11.7. The molecule has 1 atom stereocenters. The van der Waals surface area contributed by atoms with Crippen LogP contribution in [0.1, 0.15) is 24.1 Å². The van der Waals surface area contributed by atoms with E-state index in [1.54, 1.807) is 37.1 Å². The molecule has 21 heavy (non-hydrogen) atoms. The van der Waals surface area contributed by atoms with Gasteiger partial charge in [0.25, 0.3) is 0 Å². The van der Waals surface area contributed by atoms with Crippen molar-refractivity contribution in [2.24, 2.45) is 0 Å². The Morgan fingerprint density at radius 1 is 1.48 bits per heavy atom. The molecular formula is C14H14ClN3O3. The molecule has 1 saturated heterocycles. The van der Waals surface area contributed by atoms with Gasteiger partial charge in [0.05, 0.1) is 12.8 Å². The molecule has 0 saturated carbocycles. The van der Waals surface area contributed by atoms with Gasteiger partial charge < -0.3 is 14.2 Å². The van der Waals surface area contributed by atoms with Gasteiger partial charge in [-0.3, -0.25) is 4.79 Å². The summed E-state index contributed by atoms with van der Waals surface area (Å²) in [6.45, 7) is 2.21. The molecule has 2 heterocycles. The minimum absolute atomic E-state index is 0.0111. The number of hydrogen-bond acceptors (Lipinski definition) is 5. The molecule has 3 rings (SSSR count). The molecule has 1 aromatic carbocycles. The van der Waals surface area contributed by atoms with Crippen LogP contribution in [0, 0.1) is 6.92 Å². The van der Waals surface area contributed by atoms with Crippen molar-refractivity contribution in [1.29, 1.82) is 0 Å². The van der Waals surface area contributed by atoms with Crippen LogP contribution in [0.25, 0.3) is 0 Å². The normalized spacial score (nSPS) is 18.3. The van der Waals surface area contributed by atoms with Gasteiger partial charge in [-0.15, -0.1) is 0 Å². The van der Waals surface area contributed by atoms with Crippen molar-refractivity contribution in [3.8, 4) is 5.75 Å². The lowest BCUT2D eigenvalue weighted by Crippen LogP contribution is -2.24. The monoisotopic (exact) mass is 307 g/mol. The van der Waals surface area contributed by atoms with E-state index in [0.717, 1.165) is 0 Å². The third-order valence-corrected chi connectivity index (χ3v) is 3.70. The Labute approximate surface area is 126 Å². The lowest BCUT2D eigenvalue weighted by atomic mass is 10.1. The Balaban J connectivity index is 1.90. The molecule has 1 unspecified atom stereocenters. The second-order valence-electron chi connectivity index (χ2n) is 4.89. The van der Waals surface area contributed by atoms with E-state index in [9.17, 15) is 4.79 Å². The maximum absolute atomic E-state index is 12.3. The Hall–Kier alpha value is -2.08. The number of amides is 1. The summed E-state index contributed by atoms with van der Waals surface area (Å²) in [5.41, 5.74) is 0.665. The third kappa shape index (κ3) is 2.58. The zero-order chi connectivity index (χ0) is 15.0. The predicted octanol–water partition coefficient (Wildman–Crippen LogP) is 2.56. The van der Waals surface area contributed by atoms with Crippen LogP contribution in [0.15, 0.2) is 22.7 Å². The van der Waals surface area contributed by atoms with Crippen molar-refractivity contribution in [2.75, 3.05) is 18.6 Å². The topological polar surface area (TPSA) is 68.5 Å². The molecule has 1 amide bonds. The van der Waals surface area contributed by atoms with Crippen molar-refractivity contribution < 1.29 is 14.1 Å². The van der Waals surface area contributed by atoms with Gasteiger partial charge in [-0.25, -0.2) is 0 Å². The summed E-state index contributed by atoms with van der Waals surface area (Å²) in [7, 11) is 1.56. The van der Waals surface area contributed by atoms with Gasteiger partial charge in [-0.05, 0) is 18.2 Å². The summed E-state index contributed by atoms with van der Waals surface area (Å²) < 4.78 is 10.3. The molecule has 0 bridgehead atoms. The number of rotatable bonds is 3. The highest BCUT2D eigenvalue weighted by Gasteiger charge is 2.35. The van der Waals surface area contributed by atoms with E-state index in [0.29, 0.717) is 41.1 Å². The summed E-state index contributed by atoms with van der Waals surface area (Å²) in [5.74, 6) is 1.57. The number of benzene rings is 1. The van der Waals surface area contributed by atoms with Gasteiger partial charge in [0.2, 0.25) is 11.8 Å². The first kappa shape index (κ1) is 13.9. The summed E-state index contributed by atoms with van der Waals surface area (Å²) >= 11 is 6.02. The Morgan fingerprint density at radius 2 is 2.29 bits per heavy atom. The van der Waals surface area contributed by atoms with Gasteiger partial charge in [0.1, 0.15) is 5.75 Å². The highest BCUT2D eigenvalue weighted by Crippen LogP contribution is 2.37. The van der Waals surface area contributed by atoms with Crippen molar-refractivity contribution in [2.45, 2.75) is 19.3 Å². The lowest BCUT2D eigenvalue weighted by molar-refractivity contribution is -0.117. The van der Waals surface area contributed by atoms with Crippen molar-refractivity contribution in [3.63, 3.8) is 0 Å². The number of carbonyl (C=O) groups is 1. The lowest BCUT2D eigenvalue weighted by Gasteiger charge is -2.19. The second-order valence-corrected chi connectivity index (χ2v) is 5.33. The fourth-order valence-corrected chi connectivity index (χ4v) is 2.63. The molecule has 110 valence electrons. The average molecular weight is 308 g/mol. The number of halogens is 1. The number of anilines is 1. The minimum atomic E-state index is -0.0846. The Morgan fingerprint density at radius 3 is 2.95 bits per heavy atom. The van der Waals surface area contributed by atoms with Crippen LogP contribution in [0.4, 0.5) is 5.69 Å². The Bertz CT molecular complexity index is 686. The molecule has 1 aliphatic rings. The molecule has 0 aliphatic carbocycles. The standard InChI is InChI=1S/C14H14ClN3O3/c1-8-16-14(17-21-8)9-5-13(19)18(7-9)11-6-10(15)3-4-12(11)20-2/h3-4,6,9H,5,7H2,1-2H3. The minimum Gasteiger partial charge on any atom is -0.495 e. The van der Waals surface area contributed by atoms with Crippen molar-refractivity contribution in [3.05, 3.63) is 34.9 Å². The van der Waals surface area contributed by atoms with Gasteiger partial charge in [-0.1, -0.05) is 16.8 Å². The van der Waals surface area contributed by atoms with Crippen LogP contribution < -0.4 is 9.64 Å². The molecule has 0 N–H and O–H groups in total. The number of aryl methyl sites for hydroxylation is 1. The number of carbonyl (C=O) groups excluding carboxylic acids is 1. The number of ether oxygens (including phenoxy) is 1. The second kappa shape index (κ2) is 5.37. The highest BCUT2D eigenvalue weighted by molar-refractivity contribution is 6.31. The SMILES string of the molecule is COc1ccc(Cl)cc1N1CC(c2noc(C)n2)CC1=O. The quantitative estimate of drug-likeness (QED) is 0.871. The fourth-order valence-electron chi connectivity index (χ4n) is 2.47.